The number of hydrogen-bond donors (Lipinski definition) is 0. The largest absolute Gasteiger partial charge is 0.345 e. The van der Waals surface area contributed by atoms with Crippen molar-refractivity contribution in [2.75, 3.05) is 0 Å². The number of thiazole rings is 1. The van der Waals surface area contributed by atoms with Gasteiger partial charge in [-0.25, -0.2) is 9.98 Å². The molecule has 5 nitrogen and oxygen atoms in total. The Kier molecular flexibility index (Phi) is 3.74. The van der Waals surface area contributed by atoms with Crippen molar-refractivity contribution in [3.05, 3.63) is 44.1 Å². The van der Waals surface area contributed by atoms with Gasteiger partial charge in [-0.05, 0) is 36.5 Å². The molecule has 102 valence electrons. The molecule has 0 bridgehead atoms. The molecule has 0 atom stereocenters. The lowest BCUT2D eigenvalue weighted by Gasteiger charge is -1.85. The van der Waals surface area contributed by atoms with Crippen LogP contribution in [0.4, 0.5) is 10.1 Å². The van der Waals surface area contributed by atoms with E-state index in [4.69, 9.17) is 0 Å². The van der Waals surface area contributed by atoms with E-state index in [1.165, 1.54) is 16.0 Å². The summed E-state index contributed by atoms with van der Waals surface area (Å²) in [6, 6.07) is 6.18. The Labute approximate surface area is 129 Å². The third-order valence-electron chi connectivity index (χ3n) is 2.32. The lowest BCUT2D eigenvalue weighted by molar-refractivity contribution is -0.380. The molecule has 0 amide bonds. The van der Waals surface area contributed by atoms with E-state index in [-0.39, 0.29) is 5.00 Å². The van der Waals surface area contributed by atoms with Gasteiger partial charge in [-0.2, -0.15) is 0 Å². The molecule has 3 aromatic heterocycles. The molecule has 0 radical (unpaired) electrons. The van der Waals surface area contributed by atoms with Crippen LogP contribution in [0.5, 0.6) is 0 Å². The highest BCUT2D eigenvalue weighted by molar-refractivity contribution is 7.70. The predicted octanol–water partition coefficient (Wildman–Crippen LogP) is 4.44. The number of hydrogen-bond acceptors (Lipinski definition) is 8. The van der Waals surface area contributed by atoms with E-state index >= 15 is 0 Å². The Bertz CT molecular complexity index is 826. The molecule has 0 aliphatic heterocycles. The Hall–Kier alpha value is -1.42. The zero-order chi connectivity index (χ0) is 14.1. The third-order valence-corrected chi connectivity index (χ3v) is 6.61. The van der Waals surface area contributed by atoms with E-state index in [0.717, 1.165) is 20.9 Å². The molecule has 9 heteroatoms. The fraction of sp³-hybridized carbons (Fsp3) is 0.0909. The zero-order valence-electron chi connectivity index (χ0n) is 10.1. The molecule has 0 aliphatic rings. The molecule has 0 aromatic carbocycles. The average Bonchev–Trinajstić information content (AvgIpc) is 3.09. The number of nitrogens with zero attached hydrogens (tertiary/aromatic N) is 3. The predicted molar refractivity (Wildman–Crippen MR) is 84.2 cm³/mol. The first kappa shape index (κ1) is 13.6. The SMILES string of the molecule is Cc1ccc(-c2c/c(=N/c3ncc([N+](=O)[O-])s3)ss2)s1. The highest BCUT2D eigenvalue weighted by Crippen LogP contribution is 2.32. The molecule has 0 saturated heterocycles. The van der Waals surface area contributed by atoms with Crippen LogP contribution in [-0.4, -0.2) is 9.91 Å². The molecule has 20 heavy (non-hydrogen) atoms. The van der Waals surface area contributed by atoms with E-state index in [1.807, 2.05) is 6.07 Å². The van der Waals surface area contributed by atoms with E-state index in [9.17, 15) is 10.1 Å². The summed E-state index contributed by atoms with van der Waals surface area (Å²) in [7, 11) is 3.19. The van der Waals surface area contributed by atoms with Gasteiger partial charge in [-0.3, -0.25) is 10.1 Å². The molecule has 0 N–H and O–H groups in total. The molecule has 0 unspecified atom stereocenters. The number of nitro groups is 1. The van der Waals surface area contributed by atoms with Gasteiger partial charge < -0.3 is 0 Å². The first-order chi connectivity index (χ1) is 9.61. The second-order valence-electron chi connectivity index (χ2n) is 3.77. The summed E-state index contributed by atoms with van der Waals surface area (Å²) in [4.78, 5) is 22.1. The molecular weight excluding hydrogens is 334 g/mol. The molecular formula is C11H7N3O2S4. The maximum atomic E-state index is 10.6. The fourth-order valence-corrected chi connectivity index (χ4v) is 5.37. The number of thiophene rings is 1. The quantitative estimate of drug-likeness (QED) is 0.402. The Balaban J connectivity index is 1.92. The van der Waals surface area contributed by atoms with Crippen molar-refractivity contribution in [3.63, 3.8) is 0 Å². The monoisotopic (exact) mass is 341 g/mol. The summed E-state index contributed by atoms with van der Waals surface area (Å²) in [5, 5.41) is 11.0. The highest BCUT2D eigenvalue weighted by atomic mass is 32.9. The third kappa shape index (κ3) is 2.85. The van der Waals surface area contributed by atoms with Crippen LogP contribution in [0.2, 0.25) is 0 Å². The van der Waals surface area contributed by atoms with Crippen LogP contribution < -0.4 is 4.67 Å². The fourth-order valence-electron chi connectivity index (χ4n) is 1.46. The van der Waals surface area contributed by atoms with Crippen LogP contribution in [0, 0.1) is 17.0 Å². The van der Waals surface area contributed by atoms with Crippen molar-refractivity contribution in [1.82, 2.24) is 4.98 Å². The van der Waals surface area contributed by atoms with Gasteiger partial charge in [0, 0.05) is 9.75 Å². The standard InChI is InChI=1S/C11H7N3O2S4/c1-6-2-3-7(17-6)8-4-9(20-19-8)13-11-12-5-10(18-11)14(15)16/h2-5H,1H3/b13-9-. The summed E-state index contributed by atoms with van der Waals surface area (Å²) in [5.41, 5.74) is 0. The summed E-state index contributed by atoms with van der Waals surface area (Å²) in [5.74, 6) is 0. The zero-order valence-corrected chi connectivity index (χ0v) is 13.4. The van der Waals surface area contributed by atoms with Crippen molar-refractivity contribution in [1.29, 1.82) is 0 Å². The van der Waals surface area contributed by atoms with Gasteiger partial charge in [0.15, 0.2) is 0 Å². The molecule has 3 rings (SSSR count). The van der Waals surface area contributed by atoms with Gasteiger partial charge in [0.05, 0.1) is 9.80 Å². The van der Waals surface area contributed by atoms with Gasteiger partial charge in [0.25, 0.3) is 0 Å². The van der Waals surface area contributed by atoms with E-state index in [0.29, 0.717) is 5.13 Å². The van der Waals surface area contributed by atoms with Gasteiger partial charge >= 0.3 is 5.00 Å². The lowest BCUT2D eigenvalue weighted by atomic mass is 10.4. The van der Waals surface area contributed by atoms with Gasteiger partial charge in [-0.15, -0.1) is 11.3 Å². The number of rotatable bonds is 3. The summed E-state index contributed by atoms with van der Waals surface area (Å²) >= 11 is 2.72. The van der Waals surface area contributed by atoms with Gasteiger partial charge in [-0.1, -0.05) is 20.7 Å². The van der Waals surface area contributed by atoms with Crippen LogP contribution in [-0.2, 0) is 0 Å². The minimum Gasteiger partial charge on any atom is -0.257 e. The van der Waals surface area contributed by atoms with E-state index < -0.39 is 4.92 Å². The maximum Gasteiger partial charge on any atom is 0.345 e. The molecule has 0 aliphatic carbocycles. The smallest absolute Gasteiger partial charge is 0.257 e. The molecule has 0 fully saturated rings. The Morgan fingerprint density at radius 1 is 1.25 bits per heavy atom. The summed E-state index contributed by atoms with van der Waals surface area (Å²) in [6.45, 7) is 2.07. The minimum atomic E-state index is -0.451. The van der Waals surface area contributed by atoms with Crippen LogP contribution >= 0.6 is 43.4 Å². The number of aromatic nitrogens is 1. The summed E-state index contributed by atoms with van der Waals surface area (Å²) in [6.07, 6.45) is 1.24. The molecule has 0 saturated carbocycles. The lowest BCUT2D eigenvalue weighted by Crippen LogP contribution is -1.87. The normalized spacial score (nSPS) is 11.9. The van der Waals surface area contributed by atoms with Crippen LogP contribution in [0.15, 0.2) is 29.4 Å². The van der Waals surface area contributed by atoms with Crippen LogP contribution in [0.1, 0.15) is 4.88 Å². The van der Waals surface area contributed by atoms with E-state index in [2.05, 4.69) is 29.0 Å². The molecule has 3 aromatic rings. The minimum absolute atomic E-state index is 0.0121. The van der Waals surface area contributed by atoms with Gasteiger partial charge in [0.1, 0.15) is 10.9 Å². The van der Waals surface area contributed by atoms with Crippen molar-refractivity contribution >= 4 is 53.5 Å². The van der Waals surface area contributed by atoms with Crippen molar-refractivity contribution < 1.29 is 4.92 Å². The van der Waals surface area contributed by atoms with Crippen molar-refractivity contribution in [3.8, 4) is 9.75 Å². The van der Waals surface area contributed by atoms with Crippen LogP contribution in [0.25, 0.3) is 9.75 Å². The Morgan fingerprint density at radius 2 is 2.10 bits per heavy atom. The Morgan fingerprint density at radius 3 is 2.75 bits per heavy atom. The highest BCUT2D eigenvalue weighted by Gasteiger charge is 2.11. The number of aryl methyl sites for hydroxylation is 1. The van der Waals surface area contributed by atoms with Crippen molar-refractivity contribution in [2.24, 2.45) is 4.99 Å². The average molecular weight is 341 g/mol. The van der Waals surface area contributed by atoms with E-state index in [1.54, 1.807) is 32.0 Å². The topological polar surface area (TPSA) is 68.4 Å². The molecule has 0 spiro atoms. The second-order valence-corrected chi connectivity index (χ2v) is 8.24. The van der Waals surface area contributed by atoms with Crippen LogP contribution in [0.3, 0.4) is 0 Å². The first-order valence-electron chi connectivity index (χ1n) is 5.44. The maximum absolute atomic E-state index is 10.6. The van der Waals surface area contributed by atoms with Gasteiger partial charge in [0.2, 0.25) is 5.13 Å². The second kappa shape index (κ2) is 5.52. The van der Waals surface area contributed by atoms with Crippen molar-refractivity contribution in [2.45, 2.75) is 6.92 Å². The first-order valence-corrected chi connectivity index (χ1v) is 9.22. The summed E-state index contributed by atoms with van der Waals surface area (Å²) < 4.78 is 0.820. The molecule has 3 heterocycles.